The molecule has 0 aromatic heterocycles. The van der Waals surface area contributed by atoms with Crippen molar-refractivity contribution in [3.8, 4) is 5.75 Å². The average molecular weight is 433 g/mol. The zero-order chi connectivity index (χ0) is 21.7. The Hall–Kier alpha value is -2.80. The van der Waals surface area contributed by atoms with Gasteiger partial charge in [-0.25, -0.2) is 0 Å². The lowest BCUT2D eigenvalue weighted by Crippen LogP contribution is -2.43. The minimum absolute atomic E-state index is 0.264. The van der Waals surface area contributed by atoms with Crippen LogP contribution in [0.25, 0.3) is 0 Å². The van der Waals surface area contributed by atoms with Gasteiger partial charge in [0.25, 0.3) is 0 Å². The quantitative estimate of drug-likeness (QED) is 0.505. The van der Waals surface area contributed by atoms with Gasteiger partial charge in [-0.2, -0.15) is 13.2 Å². The molecular weight excluding hydrogens is 411 g/mol. The molecule has 1 unspecified atom stereocenters. The molecular formula is C23H22F3NO2S. The summed E-state index contributed by atoms with van der Waals surface area (Å²) in [4.78, 5) is 0.347. The number of ether oxygens (including phenoxy) is 1. The van der Waals surface area contributed by atoms with Gasteiger partial charge in [0.05, 0.1) is 23.2 Å². The number of methoxy groups -OCH3 is 1. The molecule has 0 spiro atoms. The van der Waals surface area contributed by atoms with Crippen LogP contribution in [-0.4, -0.2) is 23.5 Å². The minimum Gasteiger partial charge on any atom is -0.497 e. The SMILES string of the molecule is COc1ccc(N[C@H]([C@@H](c2ccccc2)S(=O)c2ccc(C)cc2)C(F)(F)F)cc1. The summed E-state index contributed by atoms with van der Waals surface area (Å²) in [6.07, 6.45) is -4.64. The third-order valence-corrected chi connectivity index (χ3v) is 6.42. The predicted octanol–water partition coefficient (Wildman–Crippen LogP) is 5.90. The fraction of sp³-hybridized carbons (Fsp3) is 0.217. The topological polar surface area (TPSA) is 38.3 Å². The van der Waals surface area contributed by atoms with Crippen LogP contribution in [-0.2, 0) is 10.8 Å². The van der Waals surface area contributed by atoms with Crippen LogP contribution in [0, 0.1) is 6.92 Å². The number of rotatable bonds is 7. The molecule has 0 heterocycles. The number of halogens is 3. The van der Waals surface area contributed by atoms with Gasteiger partial charge in [-0.15, -0.1) is 0 Å². The fourth-order valence-electron chi connectivity index (χ4n) is 3.10. The highest BCUT2D eigenvalue weighted by Gasteiger charge is 2.48. The summed E-state index contributed by atoms with van der Waals surface area (Å²) >= 11 is 0. The molecule has 0 aliphatic heterocycles. The van der Waals surface area contributed by atoms with Crippen LogP contribution in [0.1, 0.15) is 16.4 Å². The predicted molar refractivity (Wildman–Crippen MR) is 113 cm³/mol. The number of hydrogen-bond acceptors (Lipinski definition) is 3. The van der Waals surface area contributed by atoms with E-state index in [9.17, 15) is 17.4 Å². The van der Waals surface area contributed by atoms with E-state index in [0.29, 0.717) is 16.2 Å². The second-order valence-electron chi connectivity index (χ2n) is 6.83. The van der Waals surface area contributed by atoms with E-state index in [1.54, 1.807) is 66.7 Å². The zero-order valence-corrected chi connectivity index (χ0v) is 17.3. The first-order valence-electron chi connectivity index (χ1n) is 9.29. The van der Waals surface area contributed by atoms with Crippen molar-refractivity contribution in [2.45, 2.75) is 29.3 Å². The Morgan fingerprint density at radius 1 is 0.900 bits per heavy atom. The van der Waals surface area contributed by atoms with Crippen molar-refractivity contribution in [1.82, 2.24) is 0 Å². The summed E-state index contributed by atoms with van der Waals surface area (Å²) in [6, 6.07) is 19.0. The third kappa shape index (κ3) is 5.21. The highest BCUT2D eigenvalue weighted by Crippen LogP contribution is 2.38. The largest absolute Gasteiger partial charge is 0.497 e. The molecule has 3 rings (SSSR count). The van der Waals surface area contributed by atoms with Crippen molar-refractivity contribution in [1.29, 1.82) is 0 Å². The monoisotopic (exact) mass is 433 g/mol. The summed E-state index contributed by atoms with van der Waals surface area (Å²) < 4.78 is 61.1. The molecule has 0 radical (unpaired) electrons. The van der Waals surface area contributed by atoms with Gasteiger partial charge in [0, 0.05) is 10.6 Å². The van der Waals surface area contributed by atoms with Crippen molar-refractivity contribution >= 4 is 16.5 Å². The summed E-state index contributed by atoms with van der Waals surface area (Å²) in [6.45, 7) is 1.87. The summed E-state index contributed by atoms with van der Waals surface area (Å²) in [7, 11) is -0.461. The van der Waals surface area contributed by atoms with E-state index >= 15 is 0 Å². The third-order valence-electron chi connectivity index (χ3n) is 4.68. The maximum absolute atomic E-state index is 14.2. The molecule has 7 heteroatoms. The maximum atomic E-state index is 14.2. The van der Waals surface area contributed by atoms with Crippen LogP contribution in [0.4, 0.5) is 18.9 Å². The van der Waals surface area contributed by atoms with Crippen LogP contribution in [0.5, 0.6) is 5.75 Å². The van der Waals surface area contributed by atoms with Crippen LogP contribution in [0.3, 0.4) is 0 Å². The van der Waals surface area contributed by atoms with Crippen LogP contribution >= 0.6 is 0 Å². The highest BCUT2D eigenvalue weighted by atomic mass is 32.2. The van der Waals surface area contributed by atoms with Gasteiger partial charge in [-0.05, 0) is 48.9 Å². The summed E-state index contributed by atoms with van der Waals surface area (Å²) in [5, 5.41) is 1.22. The number of anilines is 1. The lowest BCUT2D eigenvalue weighted by Gasteiger charge is -2.30. The second kappa shape index (κ2) is 9.34. The first kappa shape index (κ1) is 21.9. The number of nitrogens with one attached hydrogen (secondary N) is 1. The highest BCUT2D eigenvalue weighted by molar-refractivity contribution is 7.85. The van der Waals surface area contributed by atoms with Gasteiger partial charge in [-0.1, -0.05) is 48.0 Å². The Kier molecular flexibility index (Phi) is 6.82. The Balaban J connectivity index is 2.04. The molecule has 0 saturated carbocycles. The number of hydrogen-bond donors (Lipinski definition) is 1. The average Bonchev–Trinajstić information content (AvgIpc) is 2.74. The van der Waals surface area contributed by atoms with Gasteiger partial charge in [0.2, 0.25) is 0 Å². The van der Waals surface area contributed by atoms with Crippen molar-refractivity contribution in [2.75, 3.05) is 12.4 Å². The first-order chi connectivity index (χ1) is 14.3. The van der Waals surface area contributed by atoms with E-state index in [0.717, 1.165) is 5.56 Å². The molecule has 0 aliphatic rings. The molecule has 1 N–H and O–H groups in total. The molecule has 0 bridgehead atoms. The van der Waals surface area contributed by atoms with Crippen molar-refractivity contribution in [3.63, 3.8) is 0 Å². The standard InChI is InChI=1S/C23H22F3NO2S/c1-16-8-14-20(15-9-16)30(28)21(17-6-4-3-5-7-17)22(23(24,25)26)27-18-10-12-19(29-2)13-11-18/h3-15,21-22,27H,1-2H3/t21-,22-,30?/m1/s1. The van der Waals surface area contributed by atoms with Gasteiger partial charge in [0.15, 0.2) is 0 Å². The lowest BCUT2D eigenvalue weighted by atomic mass is 10.0. The van der Waals surface area contributed by atoms with E-state index in [1.165, 1.54) is 19.2 Å². The molecule has 3 aromatic rings. The molecule has 3 aromatic carbocycles. The molecule has 3 nitrogen and oxygen atoms in total. The normalized spacial score (nSPS) is 14.6. The Morgan fingerprint density at radius 2 is 1.50 bits per heavy atom. The maximum Gasteiger partial charge on any atom is 0.410 e. The van der Waals surface area contributed by atoms with Crippen LogP contribution in [0.15, 0.2) is 83.8 Å². The van der Waals surface area contributed by atoms with E-state index in [1.807, 2.05) is 6.92 Å². The van der Waals surface area contributed by atoms with E-state index < -0.39 is 28.3 Å². The summed E-state index contributed by atoms with van der Waals surface area (Å²) in [5.74, 6) is 0.534. The van der Waals surface area contributed by atoms with Gasteiger partial charge in [-0.3, -0.25) is 4.21 Å². The Bertz CT molecular complexity index is 974. The smallest absolute Gasteiger partial charge is 0.410 e. The molecule has 3 atom stereocenters. The number of alkyl halides is 3. The van der Waals surface area contributed by atoms with E-state index in [-0.39, 0.29) is 5.69 Å². The zero-order valence-electron chi connectivity index (χ0n) is 16.5. The molecule has 0 fully saturated rings. The molecule has 0 saturated heterocycles. The first-order valence-corrected chi connectivity index (χ1v) is 10.5. The Morgan fingerprint density at radius 3 is 2.03 bits per heavy atom. The molecule has 0 amide bonds. The molecule has 0 aliphatic carbocycles. The number of aryl methyl sites for hydroxylation is 1. The number of benzene rings is 3. The second-order valence-corrected chi connectivity index (χ2v) is 8.41. The van der Waals surface area contributed by atoms with Gasteiger partial charge >= 0.3 is 6.18 Å². The van der Waals surface area contributed by atoms with Crippen LogP contribution in [0.2, 0.25) is 0 Å². The van der Waals surface area contributed by atoms with Crippen molar-refractivity contribution in [2.24, 2.45) is 0 Å². The lowest BCUT2D eigenvalue weighted by molar-refractivity contribution is -0.142. The molecule has 30 heavy (non-hydrogen) atoms. The van der Waals surface area contributed by atoms with Gasteiger partial charge < -0.3 is 10.1 Å². The van der Waals surface area contributed by atoms with Crippen LogP contribution < -0.4 is 10.1 Å². The van der Waals surface area contributed by atoms with Crippen molar-refractivity contribution < 1.29 is 22.1 Å². The summed E-state index contributed by atoms with van der Waals surface area (Å²) in [5.41, 5.74) is 1.55. The molecule has 158 valence electrons. The Labute approximate surface area is 176 Å². The van der Waals surface area contributed by atoms with E-state index in [4.69, 9.17) is 4.74 Å². The fourth-order valence-corrected chi connectivity index (χ4v) is 4.67. The van der Waals surface area contributed by atoms with Crippen molar-refractivity contribution in [3.05, 3.63) is 90.0 Å². The minimum atomic E-state index is -4.64. The van der Waals surface area contributed by atoms with Gasteiger partial charge in [0.1, 0.15) is 11.8 Å². The van der Waals surface area contributed by atoms with E-state index in [2.05, 4.69) is 5.32 Å².